The van der Waals surface area contributed by atoms with Crippen LogP contribution in [0.15, 0.2) is 42.5 Å². The molecule has 1 saturated carbocycles. The van der Waals surface area contributed by atoms with Crippen molar-refractivity contribution in [3.8, 4) is 0 Å². The van der Waals surface area contributed by atoms with Crippen LogP contribution in [0.4, 0.5) is 21.5 Å². The molecule has 1 saturated heterocycles. The number of piperazine rings is 1. The van der Waals surface area contributed by atoms with Gasteiger partial charge in [-0.15, -0.1) is 0 Å². The first kappa shape index (κ1) is 18.8. The molecule has 7 nitrogen and oxygen atoms in total. The summed E-state index contributed by atoms with van der Waals surface area (Å²) in [4.78, 5) is 28.3. The Labute approximate surface area is 173 Å². The Morgan fingerprint density at radius 2 is 1.90 bits per heavy atom. The normalized spacial score (nSPS) is 22.8. The molecule has 2 fully saturated rings. The van der Waals surface area contributed by atoms with Gasteiger partial charge >= 0.3 is 0 Å². The average molecular weight is 410 g/mol. The molecule has 156 valence electrons. The summed E-state index contributed by atoms with van der Waals surface area (Å²) in [7, 11) is 0. The number of nitro benzene ring substituents is 1. The molecule has 2 aromatic rings. The van der Waals surface area contributed by atoms with Crippen LogP contribution in [-0.2, 0) is 11.2 Å². The SMILES string of the molecule is O=C(NC1CC1)[C@@H]1Cc2cc([N+](=O)[O-])ccc2N2CCN(c3ccc(F)cc3)C[C@@H]12. The average Bonchev–Trinajstić information content (AvgIpc) is 3.56. The molecule has 0 aromatic heterocycles. The van der Waals surface area contributed by atoms with Gasteiger partial charge in [-0.1, -0.05) is 0 Å². The van der Waals surface area contributed by atoms with Gasteiger partial charge in [0.15, 0.2) is 0 Å². The minimum Gasteiger partial charge on any atom is -0.368 e. The number of halogens is 1. The number of nitro groups is 1. The number of nitrogens with one attached hydrogen (secondary N) is 1. The molecule has 0 unspecified atom stereocenters. The van der Waals surface area contributed by atoms with Gasteiger partial charge in [0.25, 0.3) is 5.69 Å². The lowest BCUT2D eigenvalue weighted by atomic mass is 9.83. The van der Waals surface area contributed by atoms with Crippen molar-refractivity contribution in [1.29, 1.82) is 0 Å². The van der Waals surface area contributed by atoms with Gasteiger partial charge in [-0.05, 0) is 55.2 Å². The van der Waals surface area contributed by atoms with Gasteiger partial charge in [-0.25, -0.2) is 4.39 Å². The molecule has 30 heavy (non-hydrogen) atoms. The number of benzene rings is 2. The van der Waals surface area contributed by atoms with E-state index in [1.807, 2.05) is 6.07 Å². The van der Waals surface area contributed by atoms with E-state index >= 15 is 0 Å². The monoisotopic (exact) mass is 410 g/mol. The number of anilines is 2. The Bertz CT molecular complexity index is 992. The Morgan fingerprint density at radius 3 is 2.60 bits per heavy atom. The largest absolute Gasteiger partial charge is 0.368 e. The zero-order chi connectivity index (χ0) is 20.8. The smallest absolute Gasteiger partial charge is 0.269 e. The summed E-state index contributed by atoms with van der Waals surface area (Å²) in [6.07, 6.45) is 2.50. The summed E-state index contributed by atoms with van der Waals surface area (Å²) in [5, 5.41) is 14.4. The lowest BCUT2D eigenvalue weighted by Crippen LogP contribution is -2.61. The first-order chi connectivity index (χ1) is 14.5. The van der Waals surface area contributed by atoms with Gasteiger partial charge in [0.1, 0.15) is 5.82 Å². The van der Waals surface area contributed by atoms with E-state index in [1.165, 1.54) is 18.2 Å². The number of hydrogen-bond acceptors (Lipinski definition) is 5. The Morgan fingerprint density at radius 1 is 1.13 bits per heavy atom. The maximum absolute atomic E-state index is 13.3. The number of rotatable bonds is 4. The third-order valence-electron chi connectivity index (χ3n) is 6.36. The van der Waals surface area contributed by atoms with E-state index in [-0.39, 0.29) is 35.4 Å². The number of carbonyl (C=O) groups is 1. The van der Waals surface area contributed by atoms with E-state index in [4.69, 9.17) is 0 Å². The van der Waals surface area contributed by atoms with Gasteiger partial charge in [-0.2, -0.15) is 0 Å². The van der Waals surface area contributed by atoms with E-state index < -0.39 is 4.92 Å². The van der Waals surface area contributed by atoms with E-state index in [9.17, 15) is 19.3 Å². The van der Waals surface area contributed by atoms with E-state index in [1.54, 1.807) is 18.2 Å². The van der Waals surface area contributed by atoms with Crippen LogP contribution in [0, 0.1) is 21.8 Å². The maximum Gasteiger partial charge on any atom is 0.269 e. The summed E-state index contributed by atoms with van der Waals surface area (Å²) < 4.78 is 13.3. The van der Waals surface area contributed by atoms with Crippen LogP contribution in [0.2, 0.25) is 0 Å². The molecule has 8 heteroatoms. The van der Waals surface area contributed by atoms with Crippen molar-refractivity contribution in [2.45, 2.75) is 31.3 Å². The van der Waals surface area contributed by atoms with Gasteiger partial charge in [-0.3, -0.25) is 14.9 Å². The molecule has 2 aromatic carbocycles. The molecule has 3 aliphatic rings. The fraction of sp³-hybridized carbons (Fsp3) is 0.409. The third kappa shape index (κ3) is 3.46. The van der Waals surface area contributed by atoms with Gasteiger partial charge in [0.05, 0.1) is 16.9 Å². The first-order valence-electron chi connectivity index (χ1n) is 10.3. The van der Waals surface area contributed by atoms with Crippen molar-refractivity contribution in [3.63, 3.8) is 0 Å². The van der Waals surface area contributed by atoms with Crippen LogP contribution in [0.5, 0.6) is 0 Å². The first-order valence-corrected chi connectivity index (χ1v) is 10.3. The van der Waals surface area contributed by atoms with Crippen LogP contribution in [0.3, 0.4) is 0 Å². The second-order valence-electron chi connectivity index (χ2n) is 8.35. The maximum atomic E-state index is 13.3. The standard InChI is InChI=1S/C22H23FN4O3/c23-15-1-5-17(6-2-15)25-9-10-26-20-8-7-18(27(29)30)11-14(20)12-19(21(26)13-25)22(28)24-16-3-4-16/h1-2,5-8,11,16,19,21H,3-4,9-10,12-13H2,(H,24,28)/t19-,21+/m1/s1. The molecule has 1 amide bonds. The molecule has 2 atom stereocenters. The van der Waals surface area contributed by atoms with Crippen molar-refractivity contribution in [2.24, 2.45) is 5.92 Å². The van der Waals surface area contributed by atoms with E-state index in [2.05, 4.69) is 15.1 Å². The molecule has 0 radical (unpaired) electrons. The van der Waals surface area contributed by atoms with E-state index in [0.717, 1.165) is 36.3 Å². The lowest BCUT2D eigenvalue weighted by Gasteiger charge is -2.49. The van der Waals surface area contributed by atoms with Crippen molar-refractivity contribution in [1.82, 2.24) is 5.32 Å². The number of non-ortho nitro benzene ring substituents is 1. The molecule has 2 aliphatic heterocycles. The van der Waals surface area contributed by atoms with E-state index in [0.29, 0.717) is 19.5 Å². The van der Waals surface area contributed by atoms with Crippen molar-refractivity contribution in [3.05, 3.63) is 64.0 Å². The van der Waals surface area contributed by atoms with Crippen molar-refractivity contribution < 1.29 is 14.1 Å². The second kappa shape index (κ2) is 7.27. The van der Waals surface area contributed by atoms with Gasteiger partial charge < -0.3 is 15.1 Å². The van der Waals surface area contributed by atoms with Crippen molar-refractivity contribution in [2.75, 3.05) is 29.4 Å². The molecular formula is C22H23FN4O3. The van der Waals surface area contributed by atoms with Crippen LogP contribution in [0.1, 0.15) is 18.4 Å². The highest BCUT2D eigenvalue weighted by Crippen LogP contribution is 2.39. The molecule has 2 heterocycles. The number of fused-ring (bicyclic) bond motifs is 3. The van der Waals surface area contributed by atoms with Crippen LogP contribution < -0.4 is 15.1 Å². The summed E-state index contributed by atoms with van der Waals surface area (Å²) >= 11 is 0. The molecule has 1 aliphatic carbocycles. The molecule has 1 N–H and O–H groups in total. The Balaban J connectivity index is 1.47. The fourth-order valence-electron chi connectivity index (χ4n) is 4.65. The zero-order valence-electron chi connectivity index (χ0n) is 16.5. The molecule has 0 bridgehead atoms. The summed E-state index contributed by atoms with van der Waals surface area (Å²) in [5.41, 5.74) is 2.82. The Hall–Kier alpha value is -3.16. The summed E-state index contributed by atoms with van der Waals surface area (Å²) in [6, 6.07) is 11.6. The van der Waals surface area contributed by atoms with Gasteiger partial charge in [0, 0.05) is 49.2 Å². The quantitative estimate of drug-likeness (QED) is 0.619. The second-order valence-corrected chi connectivity index (χ2v) is 8.35. The molecule has 0 spiro atoms. The molecule has 5 rings (SSSR count). The fourth-order valence-corrected chi connectivity index (χ4v) is 4.65. The number of carbonyl (C=O) groups excluding carboxylic acids is 1. The number of amides is 1. The van der Waals surface area contributed by atoms with Crippen molar-refractivity contribution >= 4 is 23.0 Å². The Kier molecular flexibility index (Phi) is 4.56. The highest BCUT2D eigenvalue weighted by molar-refractivity contribution is 5.83. The number of hydrogen-bond donors (Lipinski definition) is 1. The summed E-state index contributed by atoms with van der Waals surface area (Å²) in [5.74, 6) is -0.541. The minimum absolute atomic E-state index is 0.0191. The third-order valence-corrected chi connectivity index (χ3v) is 6.36. The zero-order valence-corrected chi connectivity index (χ0v) is 16.5. The van der Waals surface area contributed by atoms with Crippen LogP contribution in [-0.4, -0.2) is 42.5 Å². The highest BCUT2D eigenvalue weighted by atomic mass is 19.1. The van der Waals surface area contributed by atoms with Crippen LogP contribution >= 0.6 is 0 Å². The predicted octanol–water partition coefficient (Wildman–Crippen LogP) is 2.88. The minimum atomic E-state index is -0.391. The van der Waals surface area contributed by atoms with Gasteiger partial charge in [0.2, 0.25) is 5.91 Å². The summed E-state index contributed by atoms with van der Waals surface area (Å²) in [6.45, 7) is 2.07. The van der Waals surface area contributed by atoms with Crippen LogP contribution in [0.25, 0.3) is 0 Å². The number of nitrogens with zero attached hydrogens (tertiary/aromatic N) is 3. The predicted molar refractivity (Wildman–Crippen MR) is 111 cm³/mol. The lowest BCUT2D eigenvalue weighted by molar-refractivity contribution is -0.384. The highest BCUT2D eigenvalue weighted by Gasteiger charge is 2.43. The molecular weight excluding hydrogens is 387 g/mol. The topological polar surface area (TPSA) is 78.7 Å².